The Labute approximate surface area is 189 Å². The Hall–Kier alpha value is -4.04. The molecule has 1 aliphatic heterocycles. The first-order valence-corrected chi connectivity index (χ1v) is 10.1. The zero-order valence-corrected chi connectivity index (χ0v) is 18.0. The van der Waals surface area contributed by atoms with Gasteiger partial charge in [0, 0.05) is 5.56 Å². The number of hydrogen-bond acceptors (Lipinski definition) is 5. The van der Waals surface area contributed by atoms with Crippen LogP contribution in [0.4, 0.5) is 5.69 Å². The van der Waals surface area contributed by atoms with E-state index in [4.69, 9.17) is 21.7 Å². The van der Waals surface area contributed by atoms with Crippen molar-refractivity contribution in [3.05, 3.63) is 82.6 Å². The third-order valence-electron chi connectivity index (χ3n) is 5.11. The molecule has 32 heavy (non-hydrogen) atoms. The predicted octanol–water partition coefficient (Wildman–Crippen LogP) is 4.09. The minimum absolute atomic E-state index is 0.0146. The number of carboxylic acid groups (broad SMARTS) is 1. The smallest absolute Gasteiger partial charge is 0.335 e. The van der Waals surface area contributed by atoms with Gasteiger partial charge in [-0.15, -0.1) is 0 Å². The second kappa shape index (κ2) is 8.24. The quantitative estimate of drug-likeness (QED) is 0.356. The number of aryl methyl sites for hydroxylation is 2. The summed E-state index contributed by atoms with van der Waals surface area (Å²) in [5.41, 5.74) is 2.92. The summed E-state index contributed by atoms with van der Waals surface area (Å²) in [6.45, 7) is 3.63. The van der Waals surface area contributed by atoms with Crippen LogP contribution in [0, 0.1) is 13.8 Å². The third kappa shape index (κ3) is 3.83. The SMILES string of the molecule is Cc1cc(C(=O)O)ccc1-c1ccc(/C=C2\C(=O)NC(=S)N(c3ccccc3C)C2=O)o1. The first-order valence-electron chi connectivity index (χ1n) is 9.67. The van der Waals surface area contributed by atoms with E-state index in [9.17, 15) is 14.4 Å². The molecule has 0 atom stereocenters. The molecule has 0 radical (unpaired) electrons. The summed E-state index contributed by atoms with van der Waals surface area (Å²) in [6.07, 6.45) is 1.37. The molecule has 7 nitrogen and oxygen atoms in total. The number of carbonyl (C=O) groups excluding carboxylic acids is 2. The zero-order chi connectivity index (χ0) is 23.0. The van der Waals surface area contributed by atoms with Crippen LogP contribution in [0.2, 0.25) is 0 Å². The van der Waals surface area contributed by atoms with Crippen LogP contribution in [0.15, 0.2) is 64.6 Å². The Morgan fingerprint density at radius 1 is 1.06 bits per heavy atom. The maximum Gasteiger partial charge on any atom is 0.335 e. The number of benzene rings is 2. The van der Waals surface area contributed by atoms with Gasteiger partial charge in [0.25, 0.3) is 11.8 Å². The lowest BCUT2D eigenvalue weighted by molar-refractivity contribution is -0.122. The fraction of sp³-hybridized carbons (Fsp3) is 0.0833. The number of thiocarbonyl (C=S) groups is 1. The molecule has 4 rings (SSSR count). The second-order valence-electron chi connectivity index (χ2n) is 7.28. The molecular formula is C24H18N2O5S. The molecule has 1 saturated heterocycles. The number of rotatable bonds is 4. The van der Waals surface area contributed by atoms with Gasteiger partial charge in [0.05, 0.1) is 11.3 Å². The normalized spacial score (nSPS) is 15.2. The van der Waals surface area contributed by atoms with Gasteiger partial charge in [-0.25, -0.2) is 4.79 Å². The Bertz CT molecular complexity index is 1320. The van der Waals surface area contributed by atoms with Crippen molar-refractivity contribution in [2.75, 3.05) is 4.90 Å². The molecule has 1 fully saturated rings. The number of amides is 2. The highest BCUT2D eigenvalue weighted by atomic mass is 32.1. The van der Waals surface area contributed by atoms with Crippen LogP contribution in [-0.2, 0) is 9.59 Å². The van der Waals surface area contributed by atoms with Gasteiger partial charge in [-0.3, -0.25) is 19.8 Å². The van der Waals surface area contributed by atoms with E-state index in [0.29, 0.717) is 22.8 Å². The minimum atomic E-state index is -1.01. The minimum Gasteiger partial charge on any atom is -0.478 e. The van der Waals surface area contributed by atoms with E-state index < -0.39 is 17.8 Å². The van der Waals surface area contributed by atoms with Gasteiger partial charge < -0.3 is 9.52 Å². The summed E-state index contributed by atoms with van der Waals surface area (Å²) in [6, 6.07) is 15.3. The van der Waals surface area contributed by atoms with Crippen molar-refractivity contribution in [3.63, 3.8) is 0 Å². The number of nitrogens with one attached hydrogen (secondary N) is 1. The molecule has 0 spiro atoms. The molecule has 160 valence electrons. The van der Waals surface area contributed by atoms with Crippen LogP contribution in [0.25, 0.3) is 17.4 Å². The number of furan rings is 1. The topological polar surface area (TPSA) is 99.8 Å². The highest BCUT2D eigenvalue weighted by molar-refractivity contribution is 7.80. The van der Waals surface area contributed by atoms with Crippen LogP contribution in [-0.4, -0.2) is 28.0 Å². The Morgan fingerprint density at radius 3 is 2.50 bits per heavy atom. The average Bonchev–Trinajstić information content (AvgIpc) is 3.20. The summed E-state index contributed by atoms with van der Waals surface area (Å²) in [7, 11) is 0. The number of carboxylic acids is 1. The maximum absolute atomic E-state index is 13.1. The number of para-hydroxylation sites is 1. The van der Waals surface area contributed by atoms with E-state index in [0.717, 1.165) is 11.1 Å². The summed E-state index contributed by atoms with van der Waals surface area (Å²) < 4.78 is 5.83. The van der Waals surface area contributed by atoms with Crippen LogP contribution in [0.1, 0.15) is 27.2 Å². The molecule has 0 aliphatic carbocycles. The highest BCUT2D eigenvalue weighted by Gasteiger charge is 2.35. The molecule has 1 aliphatic rings. The third-order valence-corrected chi connectivity index (χ3v) is 5.39. The molecule has 3 aromatic rings. The Kier molecular flexibility index (Phi) is 5.46. The van der Waals surface area contributed by atoms with E-state index >= 15 is 0 Å². The molecule has 2 amide bonds. The summed E-state index contributed by atoms with van der Waals surface area (Å²) in [5, 5.41) is 11.7. The number of carbonyl (C=O) groups is 3. The zero-order valence-electron chi connectivity index (χ0n) is 17.2. The number of aromatic carboxylic acids is 1. The van der Waals surface area contributed by atoms with Gasteiger partial charge in [0.2, 0.25) is 0 Å². The fourth-order valence-electron chi connectivity index (χ4n) is 3.48. The first-order chi connectivity index (χ1) is 15.3. The molecular weight excluding hydrogens is 428 g/mol. The maximum atomic E-state index is 13.1. The largest absolute Gasteiger partial charge is 0.478 e. The second-order valence-corrected chi connectivity index (χ2v) is 7.67. The average molecular weight is 446 g/mol. The van der Waals surface area contributed by atoms with Gasteiger partial charge >= 0.3 is 5.97 Å². The van der Waals surface area contributed by atoms with Gasteiger partial charge in [0.15, 0.2) is 5.11 Å². The van der Waals surface area contributed by atoms with Crippen LogP contribution < -0.4 is 10.2 Å². The predicted molar refractivity (Wildman–Crippen MR) is 123 cm³/mol. The molecule has 1 aromatic heterocycles. The monoisotopic (exact) mass is 446 g/mol. The summed E-state index contributed by atoms with van der Waals surface area (Å²) in [4.78, 5) is 38.1. The van der Waals surface area contributed by atoms with Crippen molar-refractivity contribution in [3.8, 4) is 11.3 Å². The van der Waals surface area contributed by atoms with E-state index in [-0.39, 0.29) is 16.2 Å². The van der Waals surface area contributed by atoms with E-state index in [1.165, 1.54) is 17.0 Å². The van der Waals surface area contributed by atoms with E-state index in [1.54, 1.807) is 43.3 Å². The molecule has 8 heteroatoms. The lowest BCUT2D eigenvalue weighted by Crippen LogP contribution is -2.54. The summed E-state index contributed by atoms with van der Waals surface area (Å²) in [5.74, 6) is -1.38. The van der Waals surface area contributed by atoms with Crippen molar-refractivity contribution >= 4 is 46.9 Å². The van der Waals surface area contributed by atoms with E-state index in [1.807, 2.05) is 19.1 Å². The van der Waals surface area contributed by atoms with Gasteiger partial charge in [-0.2, -0.15) is 0 Å². The molecule has 0 saturated carbocycles. The van der Waals surface area contributed by atoms with Crippen LogP contribution in [0.3, 0.4) is 0 Å². The lowest BCUT2D eigenvalue weighted by atomic mass is 10.0. The van der Waals surface area contributed by atoms with Crippen molar-refractivity contribution < 1.29 is 23.9 Å². The lowest BCUT2D eigenvalue weighted by Gasteiger charge is -2.29. The van der Waals surface area contributed by atoms with Gasteiger partial charge in [-0.05, 0) is 73.6 Å². The standard InChI is InChI=1S/C24H18N2O5S/c1-13-5-3-4-6-19(13)26-22(28)18(21(27)25-24(26)32)12-16-8-10-20(31-16)17-9-7-15(23(29)30)11-14(17)2/h3-12H,1-2H3,(H,29,30)(H,25,27,32)/b18-12+. The van der Waals surface area contributed by atoms with Crippen molar-refractivity contribution in [2.24, 2.45) is 0 Å². The van der Waals surface area contributed by atoms with Crippen molar-refractivity contribution in [1.82, 2.24) is 5.32 Å². The van der Waals surface area contributed by atoms with E-state index in [2.05, 4.69) is 5.32 Å². The van der Waals surface area contributed by atoms with Crippen LogP contribution in [0.5, 0.6) is 0 Å². The van der Waals surface area contributed by atoms with Crippen LogP contribution >= 0.6 is 12.2 Å². The Balaban J connectivity index is 1.68. The molecule has 0 bridgehead atoms. The number of anilines is 1. The fourth-order valence-corrected chi connectivity index (χ4v) is 3.76. The molecule has 0 unspecified atom stereocenters. The van der Waals surface area contributed by atoms with Gasteiger partial charge in [-0.1, -0.05) is 24.3 Å². The highest BCUT2D eigenvalue weighted by Crippen LogP contribution is 2.29. The number of hydrogen-bond donors (Lipinski definition) is 2. The molecule has 2 heterocycles. The van der Waals surface area contributed by atoms with Gasteiger partial charge in [0.1, 0.15) is 17.1 Å². The first kappa shape index (κ1) is 21.2. The molecule has 2 aromatic carbocycles. The van der Waals surface area contributed by atoms with Crippen molar-refractivity contribution in [1.29, 1.82) is 0 Å². The number of nitrogens with zero attached hydrogens (tertiary/aromatic N) is 1. The summed E-state index contributed by atoms with van der Waals surface area (Å²) >= 11 is 5.23. The van der Waals surface area contributed by atoms with Crippen molar-refractivity contribution in [2.45, 2.75) is 13.8 Å². The molecule has 2 N–H and O–H groups in total. The Morgan fingerprint density at radius 2 is 1.81 bits per heavy atom.